The standard InChI is InChI=1S/C10H8N2O2S/c1-14-10(13)7-4-2-3-5-8(7)12-9(15)6-11/h2-5H,1H3,(H,12,15). The van der Waals surface area contributed by atoms with Gasteiger partial charge in [-0.05, 0) is 24.4 Å². The van der Waals surface area contributed by atoms with Gasteiger partial charge >= 0.3 is 5.97 Å². The molecule has 0 aliphatic rings. The number of anilines is 1. The van der Waals surface area contributed by atoms with Gasteiger partial charge in [0.15, 0.2) is 4.99 Å². The Morgan fingerprint density at radius 1 is 1.53 bits per heavy atom. The largest absolute Gasteiger partial charge is 0.465 e. The molecule has 0 amide bonds. The minimum Gasteiger partial charge on any atom is -0.465 e. The molecule has 0 aromatic heterocycles. The molecule has 1 N–H and O–H groups in total. The van der Waals surface area contributed by atoms with Crippen molar-refractivity contribution in [2.24, 2.45) is 0 Å². The van der Waals surface area contributed by atoms with Crippen molar-refractivity contribution in [1.82, 2.24) is 0 Å². The van der Waals surface area contributed by atoms with E-state index in [0.29, 0.717) is 11.3 Å². The second kappa shape index (κ2) is 5.08. The Morgan fingerprint density at radius 2 is 2.20 bits per heavy atom. The zero-order chi connectivity index (χ0) is 11.3. The molecule has 0 fully saturated rings. The van der Waals surface area contributed by atoms with Crippen LogP contribution in [-0.2, 0) is 4.74 Å². The number of carbonyl (C=O) groups excluding carboxylic acids is 1. The Labute approximate surface area is 92.5 Å². The van der Waals surface area contributed by atoms with Gasteiger partial charge < -0.3 is 10.1 Å². The fourth-order valence-electron chi connectivity index (χ4n) is 1.03. The maximum atomic E-state index is 11.3. The number of methoxy groups -OCH3 is 1. The van der Waals surface area contributed by atoms with E-state index >= 15 is 0 Å². The van der Waals surface area contributed by atoms with Crippen LogP contribution in [0, 0.1) is 11.3 Å². The highest BCUT2D eigenvalue weighted by Gasteiger charge is 2.11. The Morgan fingerprint density at radius 3 is 2.80 bits per heavy atom. The number of esters is 1. The fourth-order valence-corrected chi connectivity index (χ4v) is 1.14. The van der Waals surface area contributed by atoms with Gasteiger partial charge in [0.05, 0.1) is 18.4 Å². The summed E-state index contributed by atoms with van der Waals surface area (Å²) in [5.41, 5.74) is 0.813. The molecule has 5 heteroatoms. The predicted molar refractivity (Wildman–Crippen MR) is 59.6 cm³/mol. The van der Waals surface area contributed by atoms with Crippen molar-refractivity contribution < 1.29 is 9.53 Å². The fraction of sp³-hybridized carbons (Fsp3) is 0.100. The average molecular weight is 220 g/mol. The summed E-state index contributed by atoms with van der Waals surface area (Å²) in [7, 11) is 1.29. The summed E-state index contributed by atoms with van der Waals surface area (Å²) in [6.45, 7) is 0. The SMILES string of the molecule is COC(=O)c1ccccc1NC(=S)C#N. The number of ether oxygens (including phenoxy) is 1. The second-order valence-electron chi connectivity index (χ2n) is 2.60. The monoisotopic (exact) mass is 220 g/mol. The predicted octanol–water partition coefficient (Wildman–Crippen LogP) is 1.74. The van der Waals surface area contributed by atoms with E-state index in [0.717, 1.165) is 0 Å². The van der Waals surface area contributed by atoms with Crippen LogP contribution in [0.4, 0.5) is 5.69 Å². The summed E-state index contributed by atoms with van der Waals surface area (Å²) in [6.07, 6.45) is 0. The molecule has 15 heavy (non-hydrogen) atoms. The van der Waals surface area contributed by atoms with Crippen molar-refractivity contribution >= 4 is 28.9 Å². The Kier molecular flexibility index (Phi) is 3.77. The molecule has 0 unspecified atom stereocenters. The van der Waals surface area contributed by atoms with Gasteiger partial charge in [0, 0.05) is 0 Å². The lowest BCUT2D eigenvalue weighted by atomic mass is 10.2. The van der Waals surface area contributed by atoms with Crippen LogP contribution in [0.1, 0.15) is 10.4 Å². The van der Waals surface area contributed by atoms with Crippen LogP contribution in [0.25, 0.3) is 0 Å². The molecule has 0 aliphatic heterocycles. The van der Waals surface area contributed by atoms with Gasteiger partial charge in [-0.25, -0.2) is 4.79 Å². The van der Waals surface area contributed by atoms with Crippen LogP contribution in [0.2, 0.25) is 0 Å². The number of carbonyl (C=O) groups is 1. The van der Waals surface area contributed by atoms with Crippen LogP contribution in [0.5, 0.6) is 0 Å². The first kappa shape index (κ1) is 11.1. The molecule has 0 saturated carbocycles. The third kappa shape index (κ3) is 2.76. The lowest BCUT2D eigenvalue weighted by Crippen LogP contribution is -2.11. The number of hydrogen-bond acceptors (Lipinski definition) is 4. The topological polar surface area (TPSA) is 62.1 Å². The van der Waals surface area contributed by atoms with E-state index in [-0.39, 0.29) is 4.99 Å². The minimum atomic E-state index is -0.473. The van der Waals surface area contributed by atoms with E-state index in [1.807, 2.05) is 0 Å². The lowest BCUT2D eigenvalue weighted by Gasteiger charge is -2.07. The van der Waals surface area contributed by atoms with Crippen LogP contribution < -0.4 is 5.32 Å². The smallest absolute Gasteiger partial charge is 0.339 e. The number of para-hydroxylation sites is 1. The number of hydrogen-bond donors (Lipinski definition) is 1. The number of thiocarbonyl (C=S) groups is 1. The average Bonchev–Trinajstić information content (AvgIpc) is 2.28. The summed E-state index contributed by atoms with van der Waals surface area (Å²) < 4.78 is 4.59. The normalized spacial score (nSPS) is 8.80. The Bertz CT molecular complexity index is 437. The number of nitriles is 1. The summed E-state index contributed by atoms with van der Waals surface area (Å²) >= 11 is 4.70. The number of nitrogens with zero attached hydrogens (tertiary/aromatic N) is 1. The summed E-state index contributed by atoms with van der Waals surface area (Å²) in [6, 6.07) is 8.44. The molecule has 0 radical (unpaired) electrons. The van der Waals surface area contributed by atoms with Crippen molar-refractivity contribution in [3.8, 4) is 6.07 Å². The van der Waals surface area contributed by atoms with Crippen LogP contribution in [0.3, 0.4) is 0 Å². The van der Waals surface area contributed by atoms with E-state index in [1.165, 1.54) is 7.11 Å². The van der Waals surface area contributed by atoms with Crippen molar-refractivity contribution in [3.63, 3.8) is 0 Å². The molecule has 0 spiro atoms. The molecule has 1 aromatic carbocycles. The van der Waals surface area contributed by atoms with Crippen molar-refractivity contribution in [3.05, 3.63) is 29.8 Å². The van der Waals surface area contributed by atoms with Gasteiger partial charge in [-0.3, -0.25) is 0 Å². The van der Waals surface area contributed by atoms with Gasteiger partial charge in [0.1, 0.15) is 6.07 Å². The van der Waals surface area contributed by atoms with Gasteiger partial charge in [0.2, 0.25) is 0 Å². The molecule has 0 saturated heterocycles. The molecule has 0 atom stereocenters. The van der Waals surface area contributed by atoms with Crippen molar-refractivity contribution in [1.29, 1.82) is 5.26 Å². The van der Waals surface area contributed by atoms with Gasteiger partial charge in [-0.1, -0.05) is 12.1 Å². The van der Waals surface area contributed by atoms with Crippen molar-refractivity contribution in [2.45, 2.75) is 0 Å². The Balaban J connectivity index is 3.02. The van der Waals surface area contributed by atoms with Gasteiger partial charge in [-0.15, -0.1) is 0 Å². The first-order valence-electron chi connectivity index (χ1n) is 4.07. The molecule has 0 heterocycles. The van der Waals surface area contributed by atoms with Crippen LogP contribution in [0.15, 0.2) is 24.3 Å². The summed E-state index contributed by atoms with van der Waals surface area (Å²) in [5, 5.41) is 11.2. The van der Waals surface area contributed by atoms with Gasteiger partial charge in [-0.2, -0.15) is 5.26 Å². The highest BCUT2D eigenvalue weighted by atomic mass is 32.1. The third-order valence-corrected chi connectivity index (χ3v) is 1.88. The molecule has 1 rings (SSSR count). The van der Waals surface area contributed by atoms with E-state index in [9.17, 15) is 4.79 Å². The summed E-state index contributed by atoms with van der Waals surface area (Å²) in [5.74, 6) is -0.473. The zero-order valence-electron chi connectivity index (χ0n) is 7.98. The number of nitrogens with one attached hydrogen (secondary N) is 1. The highest BCUT2D eigenvalue weighted by Crippen LogP contribution is 2.15. The molecular formula is C10H8N2O2S. The highest BCUT2D eigenvalue weighted by molar-refractivity contribution is 7.81. The van der Waals surface area contributed by atoms with Crippen LogP contribution >= 0.6 is 12.2 Å². The maximum absolute atomic E-state index is 11.3. The zero-order valence-corrected chi connectivity index (χ0v) is 8.80. The quantitative estimate of drug-likeness (QED) is 0.607. The number of rotatable bonds is 2. The molecule has 0 bridgehead atoms. The van der Waals surface area contributed by atoms with Gasteiger partial charge in [0.25, 0.3) is 0 Å². The molecule has 0 aliphatic carbocycles. The van der Waals surface area contributed by atoms with Crippen molar-refractivity contribution in [2.75, 3.05) is 12.4 Å². The molecule has 76 valence electrons. The van der Waals surface area contributed by atoms with E-state index in [1.54, 1.807) is 30.3 Å². The first-order valence-corrected chi connectivity index (χ1v) is 4.48. The summed E-state index contributed by atoms with van der Waals surface area (Å²) in [4.78, 5) is 11.3. The van der Waals surface area contributed by atoms with E-state index in [4.69, 9.17) is 17.5 Å². The van der Waals surface area contributed by atoms with E-state index < -0.39 is 5.97 Å². The van der Waals surface area contributed by atoms with Crippen LogP contribution in [-0.4, -0.2) is 18.1 Å². The first-order chi connectivity index (χ1) is 7.19. The minimum absolute atomic E-state index is 0.00588. The molecule has 4 nitrogen and oxygen atoms in total. The lowest BCUT2D eigenvalue weighted by molar-refractivity contribution is 0.0602. The second-order valence-corrected chi connectivity index (χ2v) is 3.01. The maximum Gasteiger partial charge on any atom is 0.339 e. The number of benzene rings is 1. The molecule has 1 aromatic rings. The third-order valence-electron chi connectivity index (χ3n) is 1.68. The Hall–Kier alpha value is -1.93. The molecular weight excluding hydrogens is 212 g/mol. The van der Waals surface area contributed by atoms with E-state index in [2.05, 4.69) is 10.1 Å².